The van der Waals surface area contributed by atoms with Crippen LogP contribution >= 0.6 is 0 Å². The van der Waals surface area contributed by atoms with Gasteiger partial charge < -0.3 is 9.47 Å². The summed E-state index contributed by atoms with van der Waals surface area (Å²) in [5, 5.41) is 0. The summed E-state index contributed by atoms with van der Waals surface area (Å²) < 4.78 is 10.6. The van der Waals surface area contributed by atoms with Gasteiger partial charge in [-0.3, -0.25) is 0 Å². The Bertz CT molecular complexity index is 397. The third-order valence-electron chi connectivity index (χ3n) is 3.62. The second kappa shape index (κ2) is 8.62. The predicted octanol–water partition coefficient (Wildman–Crippen LogP) is 4.31. The van der Waals surface area contributed by atoms with E-state index in [1.165, 1.54) is 12.7 Å². The quantitative estimate of drug-likeness (QED) is 0.665. The summed E-state index contributed by atoms with van der Waals surface area (Å²) in [7, 11) is 1.40. The van der Waals surface area contributed by atoms with E-state index in [4.69, 9.17) is 9.47 Å². The van der Waals surface area contributed by atoms with Crippen LogP contribution in [0.5, 0.6) is 5.75 Å². The van der Waals surface area contributed by atoms with Crippen LogP contribution in [0.4, 0.5) is 0 Å². The summed E-state index contributed by atoms with van der Waals surface area (Å²) in [4.78, 5) is 11.7. The smallest absolute Gasteiger partial charge is 0.347 e. The zero-order valence-corrected chi connectivity index (χ0v) is 13.0. The first-order valence-electron chi connectivity index (χ1n) is 7.46. The highest BCUT2D eigenvalue weighted by Gasteiger charge is 2.20. The number of hydrogen-bond acceptors (Lipinski definition) is 3. The van der Waals surface area contributed by atoms with Crippen LogP contribution in [0, 0.1) is 0 Å². The minimum atomic E-state index is -0.505. The SMILES string of the molecule is CCCCC(Oc1ccc(C(C)CC)cc1)C(=O)OC. The molecule has 2 unspecified atom stereocenters. The molecule has 1 rings (SSSR count). The molecule has 20 heavy (non-hydrogen) atoms. The van der Waals surface area contributed by atoms with Gasteiger partial charge in [0.15, 0.2) is 6.10 Å². The number of unbranched alkanes of at least 4 members (excludes halogenated alkanes) is 1. The maximum absolute atomic E-state index is 11.7. The van der Waals surface area contributed by atoms with Gasteiger partial charge in [0.1, 0.15) is 5.75 Å². The molecule has 0 amide bonds. The first-order valence-corrected chi connectivity index (χ1v) is 7.46. The number of benzene rings is 1. The molecule has 1 aromatic rings. The zero-order chi connectivity index (χ0) is 15.0. The summed E-state index contributed by atoms with van der Waals surface area (Å²) in [6.07, 6.45) is 3.28. The van der Waals surface area contributed by atoms with Crippen LogP contribution in [-0.4, -0.2) is 19.2 Å². The zero-order valence-electron chi connectivity index (χ0n) is 13.0. The van der Waals surface area contributed by atoms with E-state index in [1.54, 1.807) is 0 Å². The third kappa shape index (κ3) is 4.87. The van der Waals surface area contributed by atoms with Gasteiger partial charge in [-0.05, 0) is 42.9 Å². The molecule has 2 atom stereocenters. The Kier molecular flexibility index (Phi) is 7.13. The number of ether oxygens (including phenoxy) is 2. The Morgan fingerprint density at radius 2 is 1.85 bits per heavy atom. The van der Waals surface area contributed by atoms with Crippen LogP contribution in [-0.2, 0) is 9.53 Å². The lowest BCUT2D eigenvalue weighted by Gasteiger charge is -2.17. The molecule has 0 fully saturated rings. The fraction of sp³-hybridized carbons (Fsp3) is 0.588. The van der Waals surface area contributed by atoms with Gasteiger partial charge in [-0.2, -0.15) is 0 Å². The monoisotopic (exact) mass is 278 g/mol. The summed E-state index contributed by atoms with van der Waals surface area (Å²) in [5.74, 6) is 0.966. The average molecular weight is 278 g/mol. The van der Waals surface area contributed by atoms with Gasteiger partial charge in [0.25, 0.3) is 0 Å². The van der Waals surface area contributed by atoms with E-state index >= 15 is 0 Å². The molecule has 0 aliphatic rings. The van der Waals surface area contributed by atoms with Crippen molar-refractivity contribution in [3.63, 3.8) is 0 Å². The summed E-state index contributed by atoms with van der Waals surface area (Å²) >= 11 is 0. The van der Waals surface area contributed by atoms with Crippen molar-refractivity contribution in [1.82, 2.24) is 0 Å². The molecule has 3 nitrogen and oxygen atoms in total. The molecule has 3 heteroatoms. The first kappa shape index (κ1) is 16.5. The molecular weight excluding hydrogens is 252 g/mol. The van der Waals surface area contributed by atoms with Crippen LogP contribution in [0.25, 0.3) is 0 Å². The van der Waals surface area contributed by atoms with Crippen molar-refractivity contribution in [2.45, 2.75) is 58.5 Å². The number of carbonyl (C=O) groups is 1. The van der Waals surface area contributed by atoms with Gasteiger partial charge in [-0.25, -0.2) is 4.79 Å². The Balaban J connectivity index is 2.70. The van der Waals surface area contributed by atoms with Crippen molar-refractivity contribution in [2.24, 2.45) is 0 Å². The van der Waals surface area contributed by atoms with Crippen LogP contribution < -0.4 is 4.74 Å². The first-order chi connectivity index (χ1) is 9.62. The fourth-order valence-corrected chi connectivity index (χ4v) is 2.02. The molecule has 0 N–H and O–H groups in total. The standard InChI is InChI=1S/C17H26O3/c1-5-7-8-16(17(18)19-4)20-15-11-9-14(10-12-15)13(3)6-2/h9-13,16H,5-8H2,1-4H3. The number of hydrogen-bond donors (Lipinski definition) is 0. The summed E-state index contributed by atoms with van der Waals surface area (Å²) in [5.41, 5.74) is 1.29. The normalized spacial score (nSPS) is 13.6. The van der Waals surface area contributed by atoms with E-state index < -0.39 is 6.10 Å². The number of rotatable bonds is 8. The van der Waals surface area contributed by atoms with Crippen LogP contribution in [0.2, 0.25) is 0 Å². The van der Waals surface area contributed by atoms with Gasteiger partial charge in [-0.1, -0.05) is 39.3 Å². The van der Waals surface area contributed by atoms with Crippen molar-refractivity contribution < 1.29 is 14.3 Å². The molecule has 0 bridgehead atoms. The Labute approximate surface area is 122 Å². The highest BCUT2D eigenvalue weighted by molar-refractivity contribution is 5.74. The molecule has 0 heterocycles. The molecule has 0 aliphatic carbocycles. The van der Waals surface area contributed by atoms with Crippen molar-refractivity contribution in [2.75, 3.05) is 7.11 Å². The van der Waals surface area contributed by atoms with Crippen molar-refractivity contribution in [1.29, 1.82) is 0 Å². The summed E-state index contributed by atoms with van der Waals surface area (Å²) in [6, 6.07) is 8.00. The molecule has 0 spiro atoms. The van der Waals surface area contributed by atoms with Crippen LogP contribution in [0.1, 0.15) is 57.9 Å². The van der Waals surface area contributed by atoms with Gasteiger partial charge in [0.05, 0.1) is 7.11 Å². The van der Waals surface area contributed by atoms with E-state index in [1.807, 2.05) is 12.1 Å². The Hall–Kier alpha value is -1.51. The van der Waals surface area contributed by atoms with E-state index in [9.17, 15) is 4.79 Å². The second-order valence-corrected chi connectivity index (χ2v) is 5.15. The Morgan fingerprint density at radius 3 is 2.35 bits per heavy atom. The largest absolute Gasteiger partial charge is 0.479 e. The molecular formula is C17H26O3. The topological polar surface area (TPSA) is 35.5 Å². The van der Waals surface area contributed by atoms with Gasteiger partial charge in [0.2, 0.25) is 0 Å². The minimum Gasteiger partial charge on any atom is -0.479 e. The molecule has 0 saturated heterocycles. The highest BCUT2D eigenvalue weighted by atomic mass is 16.6. The molecule has 0 radical (unpaired) electrons. The third-order valence-corrected chi connectivity index (χ3v) is 3.62. The van der Waals surface area contributed by atoms with Crippen molar-refractivity contribution >= 4 is 5.97 Å². The second-order valence-electron chi connectivity index (χ2n) is 5.15. The van der Waals surface area contributed by atoms with E-state index in [0.29, 0.717) is 12.3 Å². The molecule has 0 saturated carbocycles. The number of methoxy groups -OCH3 is 1. The van der Waals surface area contributed by atoms with Gasteiger partial charge in [-0.15, -0.1) is 0 Å². The van der Waals surface area contributed by atoms with E-state index in [0.717, 1.165) is 25.0 Å². The van der Waals surface area contributed by atoms with Crippen LogP contribution in [0.15, 0.2) is 24.3 Å². The summed E-state index contributed by atoms with van der Waals surface area (Å²) in [6.45, 7) is 6.47. The molecule has 112 valence electrons. The lowest BCUT2D eigenvalue weighted by molar-refractivity contribution is -0.149. The van der Waals surface area contributed by atoms with E-state index in [-0.39, 0.29) is 5.97 Å². The Morgan fingerprint density at radius 1 is 1.20 bits per heavy atom. The van der Waals surface area contributed by atoms with Gasteiger partial charge in [0, 0.05) is 0 Å². The van der Waals surface area contributed by atoms with Crippen molar-refractivity contribution in [3.05, 3.63) is 29.8 Å². The fourth-order valence-electron chi connectivity index (χ4n) is 2.02. The van der Waals surface area contributed by atoms with E-state index in [2.05, 4.69) is 32.9 Å². The predicted molar refractivity (Wildman–Crippen MR) is 81.1 cm³/mol. The number of carbonyl (C=O) groups excluding carboxylic acids is 1. The maximum Gasteiger partial charge on any atom is 0.347 e. The number of esters is 1. The highest BCUT2D eigenvalue weighted by Crippen LogP contribution is 2.22. The van der Waals surface area contributed by atoms with Gasteiger partial charge >= 0.3 is 5.97 Å². The lowest BCUT2D eigenvalue weighted by atomic mass is 9.99. The molecule has 1 aromatic carbocycles. The average Bonchev–Trinajstić information content (AvgIpc) is 2.50. The maximum atomic E-state index is 11.7. The van der Waals surface area contributed by atoms with Crippen molar-refractivity contribution in [3.8, 4) is 5.75 Å². The molecule has 0 aromatic heterocycles. The minimum absolute atomic E-state index is 0.301. The lowest BCUT2D eigenvalue weighted by Crippen LogP contribution is -2.28. The van der Waals surface area contributed by atoms with Crippen LogP contribution in [0.3, 0.4) is 0 Å². The molecule has 0 aliphatic heterocycles.